The lowest BCUT2D eigenvalue weighted by atomic mass is 10.1. The Morgan fingerprint density at radius 3 is 2.31 bits per heavy atom. The molecule has 6 nitrogen and oxygen atoms in total. The summed E-state index contributed by atoms with van der Waals surface area (Å²) in [7, 11) is -4.03. The SMILES string of the molecule is CCN(CC)S(=O)(=O)c1ccc(F)c(C(=O)N(Cc2ccco2)CC(F)(F)F)c1. The molecular weight excluding hydrogens is 416 g/mol. The third-order valence-electron chi connectivity index (χ3n) is 4.10. The van der Waals surface area contributed by atoms with Crippen LogP contribution in [-0.2, 0) is 16.6 Å². The summed E-state index contributed by atoms with van der Waals surface area (Å²) >= 11 is 0. The normalized spacial score (nSPS) is 12.4. The number of alkyl halides is 3. The van der Waals surface area contributed by atoms with Crippen LogP contribution in [0.2, 0.25) is 0 Å². The van der Waals surface area contributed by atoms with Crippen molar-refractivity contribution in [3.8, 4) is 0 Å². The topological polar surface area (TPSA) is 70.8 Å². The summed E-state index contributed by atoms with van der Waals surface area (Å²) in [5, 5.41) is 0. The number of rotatable bonds is 8. The first kappa shape index (κ1) is 22.9. The summed E-state index contributed by atoms with van der Waals surface area (Å²) < 4.78 is 84.5. The van der Waals surface area contributed by atoms with Crippen LogP contribution in [0.4, 0.5) is 17.6 Å². The Hall–Kier alpha value is -2.40. The second-order valence-electron chi connectivity index (χ2n) is 6.09. The molecule has 0 aliphatic heterocycles. The zero-order valence-corrected chi connectivity index (χ0v) is 16.6. The molecule has 0 unspecified atom stereocenters. The largest absolute Gasteiger partial charge is 0.467 e. The van der Waals surface area contributed by atoms with Crippen LogP contribution in [0.25, 0.3) is 0 Å². The number of nitrogens with zero attached hydrogens (tertiary/aromatic N) is 2. The lowest BCUT2D eigenvalue weighted by molar-refractivity contribution is -0.142. The fraction of sp³-hybridized carbons (Fsp3) is 0.389. The predicted molar refractivity (Wildman–Crippen MR) is 96.0 cm³/mol. The number of halogens is 4. The Labute approximate surface area is 165 Å². The molecule has 2 aromatic rings. The number of carbonyl (C=O) groups is 1. The monoisotopic (exact) mass is 436 g/mol. The van der Waals surface area contributed by atoms with Gasteiger partial charge in [0.15, 0.2) is 0 Å². The number of hydrogen-bond acceptors (Lipinski definition) is 4. The highest BCUT2D eigenvalue weighted by molar-refractivity contribution is 7.89. The van der Waals surface area contributed by atoms with Gasteiger partial charge in [0.05, 0.1) is 23.3 Å². The fourth-order valence-electron chi connectivity index (χ4n) is 2.72. The molecule has 1 aromatic carbocycles. The molecule has 0 atom stereocenters. The highest BCUT2D eigenvalue weighted by Crippen LogP contribution is 2.24. The van der Waals surface area contributed by atoms with Gasteiger partial charge >= 0.3 is 6.18 Å². The summed E-state index contributed by atoms with van der Waals surface area (Å²) in [6.07, 6.45) is -3.52. The second kappa shape index (κ2) is 8.95. The van der Waals surface area contributed by atoms with Gasteiger partial charge in [-0.15, -0.1) is 0 Å². The van der Waals surface area contributed by atoms with Gasteiger partial charge < -0.3 is 9.32 Å². The molecule has 0 aliphatic rings. The Kier molecular flexibility index (Phi) is 7.06. The van der Waals surface area contributed by atoms with Crippen molar-refractivity contribution in [3.63, 3.8) is 0 Å². The van der Waals surface area contributed by atoms with Crippen LogP contribution in [0.5, 0.6) is 0 Å². The maximum atomic E-state index is 14.3. The lowest BCUT2D eigenvalue weighted by Crippen LogP contribution is -2.39. The first-order valence-corrected chi connectivity index (χ1v) is 10.1. The van der Waals surface area contributed by atoms with Gasteiger partial charge in [-0.1, -0.05) is 13.8 Å². The highest BCUT2D eigenvalue weighted by Gasteiger charge is 2.35. The van der Waals surface area contributed by atoms with Crippen LogP contribution in [0.1, 0.15) is 30.0 Å². The van der Waals surface area contributed by atoms with Crippen LogP contribution in [0.15, 0.2) is 45.9 Å². The smallest absolute Gasteiger partial charge is 0.406 e. The number of carbonyl (C=O) groups excluding carboxylic acids is 1. The second-order valence-corrected chi connectivity index (χ2v) is 8.02. The molecule has 11 heteroatoms. The van der Waals surface area contributed by atoms with Gasteiger partial charge in [0.2, 0.25) is 10.0 Å². The summed E-state index contributed by atoms with van der Waals surface area (Å²) in [5.74, 6) is -2.36. The van der Waals surface area contributed by atoms with Crippen molar-refractivity contribution in [1.29, 1.82) is 0 Å². The van der Waals surface area contributed by atoms with E-state index in [1.165, 1.54) is 18.4 Å². The quantitative estimate of drug-likeness (QED) is 0.593. The summed E-state index contributed by atoms with van der Waals surface area (Å²) in [6, 6.07) is 5.29. The zero-order valence-electron chi connectivity index (χ0n) is 15.7. The van der Waals surface area contributed by atoms with E-state index in [1.807, 2.05) is 0 Å². The van der Waals surface area contributed by atoms with Crippen molar-refractivity contribution in [3.05, 3.63) is 53.7 Å². The average molecular weight is 436 g/mol. The van der Waals surface area contributed by atoms with Gasteiger partial charge in [-0.2, -0.15) is 17.5 Å². The van der Waals surface area contributed by atoms with Crippen LogP contribution < -0.4 is 0 Å². The van der Waals surface area contributed by atoms with Crippen molar-refractivity contribution in [2.45, 2.75) is 31.5 Å². The van der Waals surface area contributed by atoms with Gasteiger partial charge in [0, 0.05) is 13.1 Å². The Morgan fingerprint density at radius 1 is 1.14 bits per heavy atom. The standard InChI is InChI=1S/C18H20F4N2O4S/c1-3-24(4-2)29(26,27)14-7-8-16(19)15(10-14)17(25)23(12-18(20,21)22)11-13-6-5-9-28-13/h5-10H,3-4,11-12H2,1-2H3. The summed E-state index contributed by atoms with van der Waals surface area (Å²) in [4.78, 5) is 12.7. The van der Waals surface area contributed by atoms with Crippen molar-refractivity contribution in [1.82, 2.24) is 9.21 Å². The molecule has 2 rings (SSSR count). The van der Waals surface area contributed by atoms with Crippen LogP contribution in [0.3, 0.4) is 0 Å². The van der Waals surface area contributed by atoms with Gasteiger partial charge in [-0.3, -0.25) is 4.79 Å². The van der Waals surface area contributed by atoms with E-state index in [2.05, 4.69) is 0 Å². The lowest BCUT2D eigenvalue weighted by Gasteiger charge is -2.24. The van der Waals surface area contributed by atoms with E-state index in [1.54, 1.807) is 13.8 Å². The molecule has 0 fully saturated rings. The fourth-order valence-corrected chi connectivity index (χ4v) is 4.20. The van der Waals surface area contributed by atoms with E-state index in [4.69, 9.17) is 4.42 Å². The minimum Gasteiger partial charge on any atom is -0.467 e. The number of hydrogen-bond donors (Lipinski definition) is 0. The molecule has 0 saturated carbocycles. The minimum absolute atomic E-state index is 0.0647. The summed E-state index contributed by atoms with van der Waals surface area (Å²) in [5.41, 5.74) is -0.769. The first-order valence-electron chi connectivity index (χ1n) is 8.67. The van der Waals surface area contributed by atoms with Crippen LogP contribution >= 0.6 is 0 Å². The maximum absolute atomic E-state index is 14.3. The molecule has 1 amide bonds. The van der Waals surface area contributed by atoms with E-state index in [9.17, 15) is 30.8 Å². The number of amides is 1. The first-order chi connectivity index (χ1) is 13.5. The molecule has 0 bridgehead atoms. The van der Waals surface area contributed by atoms with E-state index in [0.29, 0.717) is 4.90 Å². The zero-order chi connectivity index (χ0) is 21.8. The molecule has 0 N–H and O–H groups in total. The van der Waals surface area contributed by atoms with Gasteiger partial charge in [0.25, 0.3) is 5.91 Å². The number of benzene rings is 1. The molecule has 1 aromatic heterocycles. The van der Waals surface area contributed by atoms with E-state index < -0.39 is 46.6 Å². The van der Waals surface area contributed by atoms with Gasteiger partial charge in [-0.05, 0) is 30.3 Å². The Balaban J connectivity index is 2.45. The average Bonchev–Trinajstić information content (AvgIpc) is 3.13. The third-order valence-corrected chi connectivity index (χ3v) is 6.14. The Bertz CT molecular complexity index is 939. The maximum Gasteiger partial charge on any atom is 0.406 e. The van der Waals surface area contributed by atoms with Crippen LogP contribution in [-0.4, -0.2) is 49.3 Å². The highest BCUT2D eigenvalue weighted by atomic mass is 32.2. The van der Waals surface area contributed by atoms with Gasteiger partial charge in [-0.25, -0.2) is 12.8 Å². The molecular formula is C18H20F4N2O4S. The van der Waals surface area contributed by atoms with E-state index >= 15 is 0 Å². The molecule has 0 saturated heterocycles. The van der Waals surface area contributed by atoms with Crippen molar-refractivity contribution >= 4 is 15.9 Å². The summed E-state index contributed by atoms with van der Waals surface area (Å²) in [6.45, 7) is 1.27. The van der Waals surface area contributed by atoms with Crippen molar-refractivity contribution < 1.29 is 35.2 Å². The minimum atomic E-state index is -4.75. The molecule has 0 radical (unpaired) electrons. The van der Waals surface area contributed by atoms with E-state index in [0.717, 1.165) is 22.5 Å². The molecule has 160 valence electrons. The van der Waals surface area contributed by atoms with E-state index in [-0.39, 0.29) is 23.7 Å². The van der Waals surface area contributed by atoms with Crippen LogP contribution in [0, 0.1) is 5.82 Å². The van der Waals surface area contributed by atoms with Gasteiger partial charge in [0.1, 0.15) is 18.1 Å². The third kappa shape index (κ3) is 5.57. The molecule has 29 heavy (non-hydrogen) atoms. The predicted octanol–water partition coefficient (Wildman–Crippen LogP) is 3.65. The number of sulfonamides is 1. The number of furan rings is 1. The molecule has 0 aliphatic carbocycles. The van der Waals surface area contributed by atoms with Crippen molar-refractivity contribution in [2.24, 2.45) is 0 Å². The van der Waals surface area contributed by atoms with Crippen molar-refractivity contribution in [2.75, 3.05) is 19.6 Å². The Morgan fingerprint density at radius 2 is 1.79 bits per heavy atom. The molecule has 0 spiro atoms. The molecule has 1 heterocycles.